The summed E-state index contributed by atoms with van der Waals surface area (Å²) in [5.74, 6) is 0.522. The molecule has 100 valence electrons. The van der Waals surface area contributed by atoms with Gasteiger partial charge >= 0.3 is 0 Å². The molecular formula is C13H16ClN5. The maximum atomic E-state index is 5.89. The molecule has 0 atom stereocenters. The number of nitrogens with two attached hydrogens (primary N) is 2. The third kappa shape index (κ3) is 3.99. The van der Waals surface area contributed by atoms with E-state index in [-0.39, 0.29) is 5.96 Å². The molecule has 0 aliphatic carbocycles. The molecule has 0 unspecified atom stereocenters. The van der Waals surface area contributed by atoms with E-state index in [9.17, 15) is 0 Å². The lowest BCUT2D eigenvalue weighted by molar-refractivity contribution is 0.450. The first kappa shape index (κ1) is 13.4. The van der Waals surface area contributed by atoms with Crippen molar-refractivity contribution in [2.24, 2.45) is 21.5 Å². The number of hydrogen-bond acceptors (Lipinski definition) is 1. The van der Waals surface area contributed by atoms with Gasteiger partial charge in [-0.2, -0.15) is 4.99 Å². The molecule has 6 heteroatoms. The minimum atomic E-state index is 0.134. The number of halogens is 1. The average Bonchev–Trinajstić information content (AvgIpc) is 2.42. The fraction of sp³-hybridized carbons (Fsp3) is 0.231. The molecule has 0 radical (unpaired) electrons. The van der Waals surface area contributed by atoms with Crippen molar-refractivity contribution in [1.82, 2.24) is 4.90 Å². The van der Waals surface area contributed by atoms with Crippen molar-refractivity contribution in [2.45, 2.75) is 6.42 Å². The van der Waals surface area contributed by atoms with Gasteiger partial charge in [0, 0.05) is 18.1 Å². The van der Waals surface area contributed by atoms with Crippen LogP contribution in [0.1, 0.15) is 6.42 Å². The second-order valence-electron chi connectivity index (χ2n) is 4.12. The van der Waals surface area contributed by atoms with E-state index >= 15 is 0 Å². The first-order valence-electron chi connectivity index (χ1n) is 5.99. The largest absolute Gasteiger partial charge is 0.369 e. The summed E-state index contributed by atoms with van der Waals surface area (Å²) in [6.07, 6.45) is 5.14. The number of hydrogen-bond donors (Lipinski definition) is 2. The molecule has 2 rings (SSSR count). The summed E-state index contributed by atoms with van der Waals surface area (Å²) in [7, 11) is 0. The number of nitrogens with zero attached hydrogens (tertiary/aromatic N) is 3. The number of benzene rings is 1. The van der Waals surface area contributed by atoms with Crippen molar-refractivity contribution in [3.05, 3.63) is 41.4 Å². The molecule has 0 saturated carbocycles. The lowest BCUT2D eigenvalue weighted by Gasteiger charge is -2.23. The summed E-state index contributed by atoms with van der Waals surface area (Å²) in [6.45, 7) is 1.60. The third-order valence-electron chi connectivity index (χ3n) is 2.68. The Bertz CT molecular complexity index is 518. The predicted octanol–water partition coefficient (Wildman–Crippen LogP) is 1.86. The van der Waals surface area contributed by atoms with Gasteiger partial charge in [0.05, 0.1) is 5.69 Å². The van der Waals surface area contributed by atoms with Crippen molar-refractivity contribution < 1.29 is 0 Å². The van der Waals surface area contributed by atoms with E-state index in [0.29, 0.717) is 16.7 Å². The zero-order valence-electron chi connectivity index (χ0n) is 10.5. The van der Waals surface area contributed by atoms with Crippen LogP contribution < -0.4 is 11.5 Å². The molecule has 4 N–H and O–H groups in total. The van der Waals surface area contributed by atoms with E-state index in [1.165, 1.54) is 0 Å². The minimum Gasteiger partial charge on any atom is -0.369 e. The second-order valence-corrected chi connectivity index (χ2v) is 4.56. The molecule has 0 saturated heterocycles. The molecule has 1 aromatic carbocycles. The second kappa shape index (κ2) is 6.24. The lowest BCUT2D eigenvalue weighted by Crippen LogP contribution is -2.40. The van der Waals surface area contributed by atoms with Gasteiger partial charge in [-0.1, -0.05) is 23.8 Å². The molecule has 5 nitrogen and oxygen atoms in total. The Kier molecular flexibility index (Phi) is 4.41. The van der Waals surface area contributed by atoms with Gasteiger partial charge in [-0.3, -0.25) is 0 Å². The molecule has 0 bridgehead atoms. The third-order valence-corrected chi connectivity index (χ3v) is 2.93. The van der Waals surface area contributed by atoms with E-state index in [4.69, 9.17) is 23.1 Å². The topological polar surface area (TPSA) is 80.0 Å². The lowest BCUT2D eigenvalue weighted by atomic mass is 10.3. The zero-order chi connectivity index (χ0) is 13.7. The molecule has 0 amide bonds. The first-order chi connectivity index (χ1) is 9.15. The van der Waals surface area contributed by atoms with Gasteiger partial charge in [0.1, 0.15) is 0 Å². The van der Waals surface area contributed by atoms with Crippen LogP contribution in [0.25, 0.3) is 0 Å². The predicted molar refractivity (Wildman–Crippen MR) is 79.7 cm³/mol. The van der Waals surface area contributed by atoms with Crippen LogP contribution >= 0.6 is 11.6 Å². The summed E-state index contributed by atoms with van der Waals surface area (Å²) in [4.78, 5) is 10.2. The molecule has 0 aromatic heterocycles. The Balaban J connectivity index is 2.08. The Hall–Kier alpha value is -2.01. The van der Waals surface area contributed by atoms with E-state index in [1.807, 2.05) is 4.90 Å². The highest BCUT2D eigenvalue weighted by Crippen LogP contribution is 2.16. The van der Waals surface area contributed by atoms with Crippen LogP contribution in [0, 0.1) is 0 Å². The average molecular weight is 278 g/mol. The normalized spacial score (nSPS) is 16.8. The van der Waals surface area contributed by atoms with E-state index in [2.05, 4.69) is 22.1 Å². The van der Waals surface area contributed by atoms with Crippen LogP contribution in [0.2, 0.25) is 5.02 Å². The molecule has 19 heavy (non-hydrogen) atoms. The minimum absolute atomic E-state index is 0.134. The van der Waals surface area contributed by atoms with Crippen LogP contribution in [0.3, 0.4) is 0 Å². The van der Waals surface area contributed by atoms with Gasteiger partial charge in [0.25, 0.3) is 0 Å². The summed E-state index contributed by atoms with van der Waals surface area (Å²) in [6, 6.07) is 7.03. The summed E-state index contributed by atoms with van der Waals surface area (Å²) in [5, 5.41) is 0.653. The molecule has 1 heterocycles. The first-order valence-corrected chi connectivity index (χ1v) is 6.37. The van der Waals surface area contributed by atoms with Gasteiger partial charge < -0.3 is 16.4 Å². The van der Waals surface area contributed by atoms with Gasteiger partial charge in [-0.05, 0) is 30.7 Å². The quantitative estimate of drug-likeness (QED) is 0.467. The van der Waals surface area contributed by atoms with Gasteiger partial charge in [0.2, 0.25) is 5.96 Å². The van der Waals surface area contributed by atoms with Crippen LogP contribution in [-0.4, -0.2) is 29.9 Å². The molecule has 1 aliphatic rings. The van der Waals surface area contributed by atoms with Crippen LogP contribution in [0.15, 0.2) is 46.4 Å². The number of guanidine groups is 2. The monoisotopic (exact) mass is 277 g/mol. The van der Waals surface area contributed by atoms with Crippen LogP contribution in [0.4, 0.5) is 5.69 Å². The summed E-state index contributed by atoms with van der Waals surface area (Å²) in [5.41, 5.74) is 12.3. The Morgan fingerprint density at radius 3 is 2.53 bits per heavy atom. The van der Waals surface area contributed by atoms with Crippen LogP contribution in [0.5, 0.6) is 0 Å². The van der Waals surface area contributed by atoms with E-state index < -0.39 is 0 Å². The fourth-order valence-corrected chi connectivity index (χ4v) is 1.84. The molecular weight excluding hydrogens is 262 g/mol. The maximum absolute atomic E-state index is 5.89. The highest BCUT2D eigenvalue weighted by Gasteiger charge is 2.08. The molecule has 0 spiro atoms. The number of rotatable bonds is 1. The van der Waals surface area contributed by atoms with E-state index in [0.717, 1.165) is 19.5 Å². The number of aliphatic imine (C=N–C) groups is 2. The Morgan fingerprint density at radius 1 is 1.16 bits per heavy atom. The highest BCUT2D eigenvalue weighted by atomic mass is 35.5. The van der Waals surface area contributed by atoms with E-state index in [1.54, 1.807) is 24.3 Å². The van der Waals surface area contributed by atoms with Crippen molar-refractivity contribution in [3.8, 4) is 0 Å². The summed E-state index contributed by atoms with van der Waals surface area (Å²) < 4.78 is 0. The standard InChI is InChI=1S/C13H16ClN5/c14-10-4-6-11(7-5-10)17-12(15)18-13(16)19-8-2-1-3-9-19/h1-2,4-7H,3,8-9H2,(H4,15,16,17,18). The zero-order valence-corrected chi connectivity index (χ0v) is 11.2. The van der Waals surface area contributed by atoms with Gasteiger partial charge in [-0.25, -0.2) is 4.99 Å². The SMILES string of the molecule is NC(=Nc1ccc(Cl)cc1)/N=C(/N)N1CC=CCC1. The Morgan fingerprint density at radius 2 is 1.89 bits per heavy atom. The fourth-order valence-electron chi connectivity index (χ4n) is 1.71. The van der Waals surface area contributed by atoms with Crippen molar-refractivity contribution in [3.63, 3.8) is 0 Å². The Labute approximate surface area is 117 Å². The van der Waals surface area contributed by atoms with Gasteiger partial charge in [-0.15, -0.1) is 0 Å². The maximum Gasteiger partial charge on any atom is 0.223 e. The molecule has 1 aliphatic heterocycles. The molecule has 0 fully saturated rings. The van der Waals surface area contributed by atoms with Crippen molar-refractivity contribution in [2.75, 3.05) is 13.1 Å². The van der Waals surface area contributed by atoms with Crippen molar-refractivity contribution in [1.29, 1.82) is 0 Å². The van der Waals surface area contributed by atoms with Crippen LogP contribution in [-0.2, 0) is 0 Å². The van der Waals surface area contributed by atoms with Crippen molar-refractivity contribution >= 4 is 29.2 Å². The highest BCUT2D eigenvalue weighted by molar-refractivity contribution is 6.30. The summed E-state index contributed by atoms with van der Waals surface area (Å²) >= 11 is 5.79. The smallest absolute Gasteiger partial charge is 0.223 e. The van der Waals surface area contributed by atoms with Gasteiger partial charge in [0.15, 0.2) is 5.96 Å². The molecule has 1 aromatic rings.